The molecule has 14 aromatic rings. The van der Waals surface area contributed by atoms with Crippen molar-refractivity contribution in [3.05, 3.63) is 227 Å². The maximum absolute atomic E-state index is 7.00. The van der Waals surface area contributed by atoms with Crippen LogP contribution in [0, 0.1) is 3.80 Å². The van der Waals surface area contributed by atoms with Crippen molar-refractivity contribution in [3.8, 4) is 50.9 Å². The van der Waals surface area contributed by atoms with Crippen LogP contribution >= 0.6 is 0 Å². The summed E-state index contributed by atoms with van der Waals surface area (Å²) in [7, 11) is 0. The molecule has 9 aromatic carbocycles. The van der Waals surface area contributed by atoms with E-state index in [0.29, 0.717) is 0 Å². The van der Waals surface area contributed by atoms with Crippen molar-refractivity contribution in [2.45, 2.75) is 52.4 Å². The predicted molar refractivity (Wildman–Crippen MR) is 307 cm³/mol. The van der Waals surface area contributed by atoms with Gasteiger partial charge in [0.25, 0.3) is 0 Å². The molecule has 0 saturated carbocycles. The number of aromatic nitrogens is 5. The number of imidazole rings is 1. The Morgan fingerprint density at radius 1 is 0.400 bits per heavy atom. The second kappa shape index (κ2) is 16.9. The Hall–Kier alpha value is -8.31. The second-order valence-electron chi connectivity index (χ2n) is 22.0. The van der Waals surface area contributed by atoms with E-state index in [9.17, 15) is 0 Å². The third kappa shape index (κ3) is 7.18. The molecule has 5 aromatic heterocycles. The molecule has 0 atom stereocenters. The van der Waals surface area contributed by atoms with E-state index in [0.717, 1.165) is 59.9 Å². The topological polar surface area (TPSA) is 41.3 Å². The van der Waals surface area contributed by atoms with E-state index in [1.165, 1.54) is 76.9 Å². The molecular weight excluding hydrogens is 1100 g/mol. The third-order valence-electron chi connectivity index (χ3n) is 15.3. The van der Waals surface area contributed by atoms with Gasteiger partial charge in [0, 0.05) is 27.7 Å². The van der Waals surface area contributed by atoms with E-state index in [1.54, 1.807) is 0 Å². The first-order valence-electron chi connectivity index (χ1n) is 25.8. The van der Waals surface area contributed by atoms with Crippen LogP contribution in [0.5, 0.6) is 11.5 Å². The number of ether oxygens (including phenoxy) is 1. The summed E-state index contributed by atoms with van der Waals surface area (Å²) < 4.78 is 17.7. The summed E-state index contributed by atoms with van der Waals surface area (Å²) in [5.74, 6) is 2.36. The number of rotatable bonds is 7. The summed E-state index contributed by atoms with van der Waals surface area (Å²) in [4.78, 5) is 5.09. The van der Waals surface area contributed by atoms with Gasteiger partial charge in [-0.3, -0.25) is 0 Å². The minimum atomic E-state index is -0.0772. The molecule has 0 aliphatic heterocycles. The average molecular weight is 1150 g/mol. The molecule has 0 bridgehead atoms. The van der Waals surface area contributed by atoms with Gasteiger partial charge in [-0.05, 0) is 23.1 Å². The zero-order chi connectivity index (χ0) is 50.9. The molecule has 7 heteroatoms. The fraction of sp³-hybridized carbons (Fsp3) is 0.118. The van der Waals surface area contributed by atoms with Crippen molar-refractivity contribution in [3.63, 3.8) is 0 Å². The summed E-state index contributed by atoms with van der Waals surface area (Å²) in [6.07, 6.45) is 1.95. The molecule has 0 radical (unpaired) electrons. The Balaban J connectivity index is 0.940. The minimum Gasteiger partial charge on any atom is 0.0620 e. The predicted octanol–water partition coefficient (Wildman–Crippen LogP) is 17.9. The van der Waals surface area contributed by atoms with Gasteiger partial charge in [-0.25, -0.2) is 0 Å². The Labute approximate surface area is 446 Å². The first-order chi connectivity index (χ1) is 36.4. The summed E-state index contributed by atoms with van der Waals surface area (Å²) in [6.45, 7) is 13.7. The van der Waals surface area contributed by atoms with E-state index in [2.05, 4.69) is 285 Å². The van der Waals surface area contributed by atoms with Crippen molar-refractivity contribution in [1.82, 2.24) is 23.1 Å². The molecule has 0 spiro atoms. The van der Waals surface area contributed by atoms with Crippen LogP contribution in [-0.4, -0.2) is 23.1 Å². The Morgan fingerprint density at radius 3 is 1.65 bits per heavy atom. The number of nitrogens with zero attached hydrogens (tertiary/aromatic N) is 5. The molecule has 0 aliphatic rings. The molecule has 6 nitrogen and oxygen atoms in total. The first kappa shape index (κ1) is 45.3. The van der Waals surface area contributed by atoms with E-state index in [1.807, 2.05) is 6.20 Å². The van der Waals surface area contributed by atoms with Crippen molar-refractivity contribution >= 4 is 70.9 Å². The molecule has 0 fully saturated rings. The quantitative estimate of drug-likeness (QED) is 0.160. The molecule has 14 rings (SSSR count). The summed E-state index contributed by atoms with van der Waals surface area (Å²) >= 11 is 2.53. The van der Waals surface area contributed by atoms with Gasteiger partial charge in [0.05, 0.1) is 16.6 Å². The normalized spacial score (nSPS) is 12.5. The Bertz CT molecular complexity index is 4600. The van der Waals surface area contributed by atoms with Gasteiger partial charge in [0.1, 0.15) is 0 Å². The monoisotopic (exact) mass is 1150 g/mol. The zero-order valence-electron chi connectivity index (χ0n) is 42.7. The van der Waals surface area contributed by atoms with E-state index in [4.69, 9.17) is 9.72 Å². The smallest absolute Gasteiger partial charge is 0.0620 e. The fourth-order valence-electron chi connectivity index (χ4n) is 11.6. The van der Waals surface area contributed by atoms with Crippen molar-refractivity contribution in [1.29, 1.82) is 0 Å². The van der Waals surface area contributed by atoms with Gasteiger partial charge in [0.2, 0.25) is 0 Å². The van der Waals surface area contributed by atoms with Crippen molar-refractivity contribution in [2.75, 3.05) is 0 Å². The van der Waals surface area contributed by atoms with Crippen LogP contribution < -0.4 is 4.74 Å². The number of para-hydroxylation sites is 4. The minimum absolute atomic E-state index is 0.0677. The zero-order valence-corrected chi connectivity index (χ0v) is 44.9. The molecule has 366 valence electrons. The maximum atomic E-state index is 7.00. The van der Waals surface area contributed by atoms with Crippen LogP contribution in [-0.2, 0) is 30.2 Å². The fourth-order valence-corrected chi connectivity index (χ4v) is 12.7. The van der Waals surface area contributed by atoms with Gasteiger partial charge in [-0.1, -0.05) is 57.2 Å². The molecular formula is C68H53N5OPt. The van der Waals surface area contributed by atoms with Gasteiger partial charge in [0.15, 0.2) is 0 Å². The molecule has 0 unspecified atom stereocenters. The van der Waals surface area contributed by atoms with Crippen LogP contribution in [0.2, 0.25) is 0 Å². The number of hydrogen-bond donors (Lipinski definition) is 0. The molecule has 0 N–H and O–H groups in total. The van der Waals surface area contributed by atoms with Crippen LogP contribution in [0.25, 0.3) is 110 Å². The van der Waals surface area contributed by atoms with E-state index >= 15 is 0 Å². The van der Waals surface area contributed by atoms with Crippen LogP contribution in [0.1, 0.15) is 52.7 Å². The third-order valence-corrected chi connectivity index (χ3v) is 16.3. The summed E-state index contributed by atoms with van der Waals surface area (Å²) in [6, 6.07) is 74.9. The molecule has 5 heterocycles. The van der Waals surface area contributed by atoms with Gasteiger partial charge in [-0.2, -0.15) is 0 Å². The summed E-state index contributed by atoms with van der Waals surface area (Å²) in [5.41, 5.74) is 17.2. The summed E-state index contributed by atoms with van der Waals surface area (Å²) in [5, 5.41) is 7.37. The molecule has 75 heavy (non-hydrogen) atoms. The van der Waals surface area contributed by atoms with Gasteiger partial charge in [-0.15, -0.1) is 0 Å². The average Bonchev–Trinajstić information content (AvgIpc) is 4.27. The van der Waals surface area contributed by atoms with Gasteiger partial charge >= 0.3 is 320 Å². The standard InChI is InChI=1S/C68H53N5O.Pt/c1-67(2,3)45-33-34-69-64(37-45)72-61-39-49(31-32-51(61)56-40-57-53-27-18-26-52-50-25-13-14-28-58(50)73(66(52)53)63(57)41-62(56)72)74-48-24-17-23-47(38-48)70-42-71(60-30-16-15-29-59(60)70)65-54(43-19-9-7-10-20-43)35-46(68(4,5)6)36-55(65)44-21-11-8-12-22-44;/h7-41H,1-6H3;. The first-order valence-corrected chi connectivity index (χ1v) is 26.9. The van der Waals surface area contributed by atoms with E-state index in [-0.39, 0.29) is 10.8 Å². The Kier molecular flexibility index (Phi) is 10.2. The molecule has 0 aliphatic carbocycles. The number of hydrogen-bond acceptors (Lipinski definition) is 2. The molecule has 0 saturated heterocycles. The van der Waals surface area contributed by atoms with Crippen molar-refractivity contribution < 1.29 is 24.1 Å². The van der Waals surface area contributed by atoms with Gasteiger partial charge < -0.3 is 4.40 Å². The SMILES string of the molecule is CC(C)(C)c1ccnc(-n2c3cc(Oc4cccc(-n5[c](=[Pt])n(-c6c(-c7ccccc7)cc(C(C)(C)C)cc6-c6ccccc6)c6ccccc65)c4)ccc3c3cc4c5cccc6c7ccccc7n(c4cc32)c65)c1. The second-order valence-corrected chi connectivity index (χ2v) is 23.0. The van der Waals surface area contributed by atoms with Crippen molar-refractivity contribution in [2.24, 2.45) is 0 Å². The van der Waals surface area contributed by atoms with Crippen LogP contribution in [0.3, 0.4) is 0 Å². The number of pyridine rings is 1. The number of benzene rings is 9. The van der Waals surface area contributed by atoms with Crippen LogP contribution in [0.15, 0.2) is 212 Å². The number of fused-ring (bicyclic) bond motifs is 10. The Morgan fingerprint density at radius 2 is 0.960 bits per heavy atom. The molecule has 0 amide bonds. The van der Waals surface area contributed by atoms with E-state index < -0.39 is 0 Å². The van der Waals surface area contributed by atoms with Crippen LogP contribution in [0.4, 0.5) is 0 Å².